The van der Waals surface area contributed by atoms with Gasteiger partial charge in [0.1, 0.15) is 4.88 Å². The van der Waals surface area contributed by atoms with Crippen molar-refractivity contribution in [2.24, 2.45) is 0 Å². The third-order valence-electron chi connectivity index (χ3n) is 4.00. The van der Waals surface area contributed by atoms with Gasteiger partial charge < -0.3 is 5.32 Å². The Morgan fingerprint density at radius 1 is 1.15 bits per heavy atom. The summed E-state index contributed by atoms with van der Waals surface area (Å²) in [5.74, 6) is -0.124. The summed E-state index contributed by atoms with van der Waals surface area (Å²) in [6.07, 6.45) is 0. The number of aromatic nitrogens is 3. The van der Waals surface area contributed by atoms with Gasteiger partial charge in [-0.15, -0.1) is 11.3 Å². The standard InChI is InChI=1S/C20H24N4OS/c1-12-10-13(2)24(23-12)16-9-7-8-15(11-16)22-18(25)17-14(3)21-19(26-17)20(4,5)6/h7-11H,1-6H3,(H,22,25). The van der Waals surface area contributed by atoms with Gasteiger partial charge in [0.05, 0.1) is 22.1 Å². The predicted octanol–water partition coefficient (Wildman–Crippen LogP) is 4.80. The fraction of sp³-hybridized carbons (Fsp3) is 0.350. The molecule has 3 rings (SSSR count). The van der Waals surface area contributed by atoms with E-state index in [9.17, 15) is 4.79 Å². The molecule has 6 heteroatoms. The van der Waals surface area contributed by atoms with Crippen molar-refractivity contribution < 1.29 is 4.79 Å². The molecule has 0 atom stereocenters. The zero-order valence-corrected chi connectivity index (χ0v) is 16.9. The van der Waals surface area contributed by atoms with Crippen molar-refractivity contribution in [1.29, 1.82) is 0 Å². The highest BCUT2D eigenvalue weighted by molar-refractivity contribution is 7.14. The van der Waals surface area contributed by atoms with Crippen LogP contribution in [0.4, 0.5) is 5.69 Å². The Hall–Kier alpha value is -2.47. The summed E-state index contributed by atoms with van der Waals surface area (Å²) in [6, 6.07) is 9.73. The number of nitrogens with zero attached hydrogens (tertiary/aromatic N) is 3. The monoisotopic (exact) mass is 368 g/mol. The average Bonchev–Trinajstić information content (AvgIpc) is 3.09. The first-order valence-corrected chi connectivity index (χ1v) is 9.40. The molecule has 0 aliphatic carbocycles. The molecule has 1 aromatic carbocycles. The Labute approximate surface area is 158 Å². The number of benzene rings is 1. The molecule has 2 aromatic heterocycles. The summed E-state index contributed by atoms with van der Waals surface area (Å²) in [5, 5.41) is 8.46. The molecule has 0 radical (unpaired) electrons. The summed E-state index contributed by atoms with van der Waals surface area (Å²) in [7, 11) is 0. The normalized spacial score (nSPS) is 11.6. The minimum atomic E-state index is -0.124. The average molecular weight is 369 g/mol. The van der Waals surface area contributed by atoms with E-state index in [2.05, 4.69) is 36.2 Å². The van der Waals surface area contributed by atoms with Crippen LogP contribution in [-0.2, 0) is 5.41 Å². The zero-order chi connectivity index (χ0) is 19.1. The Bertz CT molecular complexity index is 963. The lowest BCUT2D eigenvalue weighted by atomic mass is 9.98. The van der Waals surface area contributed by atoms with Crippen LogP contribution in [0.15, 0.2) is 30.3 Å². The molecule has 5 nitrogen and oxygen atoms in total. The van der Waals surface area contributed by atoms with Crippen molar-refractivity contribution in [2.75, 3.05) is 5.32 Å². The lowest BCUT2D eigenvalue weighted by Crippen LogP contribution is -2.12. The van der Waals surface area contributed by atoms with E-state index in [0.717, 1.165) is 33.5 Å². The fourth-order valence-electron chi connectivity index (χ4n) is 2.72. The van der Waals surface area contributed by atoms with E-state index < -0.39 is 0 Å². The first kappa shape index (κ1) is 18.3. The molecule has 0 aliphatic rings. The van der Waals surface area contributed by atoms with Crippen LogP contribution >= 0.6 is 11.3 Å². The molecule has 136 valence electrons. The summed E-state index contributed by atoms with van der Waals surface area (Å²) >= 11 is 1.46. The highest BCUT2D eigenvalue weighted by atomic mass is 32.1. The number of carbonyl (C=O) groups is 1. The fourth-order valence-corrected chi connectivity index (χ4v) is 3.74. The SMILES string of the molecule is Cc1cc(C)n(-c2cccc(NC(=O)c3sc(C(C)(C)C)nc3C)c2)n1. The summed E-state index contributed by atoms with van der Waals surface area (Å²) < 4.78 is 1.88. The summed E-state index contributed by atoms with van der Waals surface area (Å²) in [6.45, 7) is 12.2. The quantitative estimate of drug-likeness (QED) is 0.722. The predicted molar refractivity (Wildman–Crippen MR) is 107 cm³/mol. The first-order chi connectivity index (χ1) is 12.1. The molecule has 1 N–H and O–H groups in total. The number of anilines is 1. The number of amides is 1. The van der Waals surface area contributed by atoms with Gasteiger partial charge in [-0.2, -0.15) is 5.10 Å². The van der Waals surface area contributed by atoms with Gasteiger partial charge in [0.2, 0.25) is 0 Å². The van der Waals surface area contributed by atoms with Gasteiger partial charge in [0.15, 0.2) is 0 Å². The molecule has 0 bridgehead atoms. The van der Waals surface area contributed by atoms with E-state index in [1.54, 1.807) is 0 Å². The Morgan fingerprint density at radius 2 is 1.88 bits per heavy atom. The smallest absolute Gasteiger partial charge is 0.267 e. The number of aryl methyl sites for hydroxylation is 3. The van der Waals surface area contributed by atoms with Crippen LogP contribution in [0.5, 0.6) is 0 Å². The molecule has 0 spiro atoms. The van der Waals surface area contributed by atoms with E-state index >= 15 is 0 Å². The number of hydrogen-bond acceptors (Lipinski definition) is 4. The minimum absolute atomic E-state index is 0.0661. The topological polar surface area (TPSA) is 59.8 Å². The highest BCUT2D eigenvalue weighted by Gasteiger charge is 2.23. The Kier molecular flexibility index (Phi) is 4.71. The van der Waals surface area contributed by atoms with Crippen molar-refractivity contribution in [3.8, 4) is 5.69 Å². The van der Waals surface area contributed by atoms with E-state index in [4.69, 9.17) is 0 Å². The second-order valence-electron chi connectivity index (χ2n) is 7.53. The third kappa shape index (κ3) is 3.70. The van der Waals surface area contributed by atoms with Crippen molar-refractivity contribution >= 4 is 22.9 Å². The van der Waals surface area contributed by atoms with Gasteiger partial charge in [0.25, 0.3) is 5.91 Å². The van der Waals surface area contributed by atoms with Crippen LogP contribution in [0.1, 0.15) is 52.5 Å². The van der Waals surface area contributed by atoms with Gasteiger partial charge in [-0.1, -0.05) is 26.8 Å². The summed E-state index contributed by atoms with van der Waals surface area (Å²) in [4.78, 5) is 18.0. The molecular formula is C20H24N4OS. The van der Waals surface area contributed by atoms with Crippen LogP contribution in [0.3, 0.4) is 0 Å². The molecule has 26 heavy (non-hydrogen) atoms. The van der Waals surface area contributed by atoms with Crippen molar-refractivity contribution in [1.82, 2.24) is 14.8 Å². The Balaban J connectivity index is 1.86. The zero-order valence-electron chi connectivity index (χ0n) is 16.0. The highest BCUT2D eigenvalue weighted by Crippen LogP contribution is 2.29. The maximum absolute atomic E-state index is 12.7. The number of nitrogens with one attached hydrogen (secondary N) is 1. The van der Waals surface area contributed by atoms with E-state index in [1.807, 2.05) is 55.8 Å². The van der Waals surface area contributed by atoms with E-state index in [-0.39, 0.29) is 11.3 Å². The van der Waals surface area contributed by atoms with Crippen LogP contribution in [-0.4, -0.2) is 20.7 Å². The van der Waals surface area contributed by atoms with Gasteiger partial charge in [-0.05, 0) is 45.0 Å². The summed E-state index contributed by atoms with van der Waals surface area (Å²) in [5.41, 5.74) is 4.39. The van der Waals surface area contributed by atoms with Crippen molar-refractivity contribution in [3.05, 3.63) is 57.3 Å². The molecule has 2 heterocycles. The maximum Gasteiger partial charge on any atom is 0.267 e. The largest absolute Gasteiger partial charge is 0.321 e. The minimum Gasteiger partial charge on any atom is -0.321 e. The van der Waals surface area contributed by atoms with Gasteiger partial charge >= 0.3 is 0 Å². The van der Waals surface area contributed by atoms with Crippen LogP contribution in [0, 0.1) is 20.8 Å². The lowest BCUT2D eigenvalue weighted by molar-refractivity contribution is 0.103. The van der Waals surface area contributed by atoms with E-state index in [1.165, 1.54) is 11.3 Å². The van der Waals surface area contributed by atoms with Gasteiger partial charge in [0, 0.05) is 16.8 Å². The van der Waals surface area contributed by atoms with Gasteiger partial charge in [-0.25, -0.2) is 9.67 Å². The van der Waals surface area contributed by atoms with Crippen molar-refractivity contribution in [3.63, 3.8) is 0 Å². The van der Waals surface area contributed by atoms with Crippen LogP contribution in [0.2, 0.25) is 0 Å². The maximum atomic E-state index is 12.7. The molecular weight excluding hydrogens is 344 g/mol. The molecule has 0 unspecified atom stereocenters. The van der Waals surface area contributed by atoms with Crippen molar-refractivity contribution in [2.45, 2.75) is 47.0 Å². The molecule has 3 aromatic rings. The third-order valence-corrected chi connectivity index (χ3v) is 5.58. The van der Waals surface area contributed by atoms with Crippen LogP contribution in [0.25, 0.3) is 5.69 Å². The first-order valence-electron chi connectivity index (χ1n) is 8.58. The molecule has 0 fully saturated rings. The second-order valence-corrected chi connectivity index (χ2v) is 8.53. The van der Waals surface area contributed by atoms with Crippen LogP contribution < -0.4 is 5.32 Å². The second kappa shape index (κ2) is 6.68. The van der Waals surface area contributed by atoms with Gasteiger partial charge in [-0.3, -0.25) is 4.79 Å². The number of rotatable bonds is 3. The molecule has 0 aliphatic heterocycles. The number of hydrogen-bond donors (Lipinski definition) is 1. The number of thiazole rings is 1. The lowest BCUT2D eigenvalue weighted by Gasteiger charge is -2.13. The molecule has 1 amide bonds. The number of carbonyl (C=O) groups excluding carboxylic acids is 1. The molecule has 0 saturated carbocycles. The Morgan fingerprint density at radius 3 is 2.46 bits per heavy atom. The molecule has 0 saturated heterocycles. The van der Waals surface area contributed by atoms with E-state index in [0.29, 0.717) is 4.88 Å².